The molecule has 1 atom stereocenters. The lowest BCUT2D eigenvalue weighted by atomic mass is 10.1. The molecule has 0 saturated carbocycles. The number of nitrogens with one attached hydrogen (secondary N) is 2. The van der Waals surface area contributed by atoms with Gasteiger partial charge < -0.3 is 18.8 Å². The molecule has 0 aliphatic rings. The second-order valence-corrected chi connectivity index (χ2v) is 8.21. The van der Waals surface area contributed by atoms with Crippen LogP contribution in [-0.4, -0.2) is 31.9 Å². The first kappa shape index (κ1) is 21.6. The molecule has 1 heterocycles. The molecule has 0 aliphatic carbocycles. The van der Waals surface area contributed by atoms with Crippen LogP contribution in [0.2, 0.25) is 0 Å². The predicted molar refractivity (Wildman–Crippen MR) is 108 cm³/mol. The summed E-state index contributed by atoms with van der Waals surface area (Å²) in [5, 5.41) is 4.00. The van der Waals surface area contributed by atoms with Crippen molar-refractivity contribution in [2.45, 2.75) is 39.4 Å². The Morgan fingerprint density at radius 2 is 1.85 bits per heavy atom. The summed E-state index contributed by atoms with van der Waals surface area (Å²) < 4.78 is 29.7. The molecule has 150 valence electrons. The van der Waals surface area contributed by atoms with Crippen molar-refractivity contribution in [2.24, 2.45) is 0 Å². The van der Waals surface area contributed by atoms with E-state index in [4.69, 9.17) is 13.8 Å². The molecule has 8 heteroatoms. The van der Waals surface area contributed by atoms with Crippen molar-refractivity contribution in [2.75, 3.05) is 26.9 Å². The molecule has 0 amide bonds. The fourth-order valence-corrected chi connectivity index (χ4v) is 4.86. The lowest BCUT2D eigenvalue weighted by Gasteiger charge is -2.27. The van der Waals surface area contributed by atoms with Crippen molar-refractivity contribution >= 4 is 18.5 Å². The van der Waals surface area contributed by atoms with Crippen LogP contribution in [0, 0.1) is 0 Å². The highest BCUT2D eigenvalue weighted by Crippen LogP contribution is 2.59. The first-order valence-corrected chi connectivity index (χ1v) is 10.9. The quantitative estimate of drug-likeness (QED) is 0.437. The first-order chi connectivity index (χ1) is 13.0. The molecule has 0 spiro atoms. The number of rotatable bonds is 11. The number of fused-ring (bicyclic) bond motifs is 1. The third-order valence-corrected chi connectivity index (χ3v) is 6.51. The number of unbranched alkanes of at least 4 members (excludes halogenated alkanes) is 1. The Labute approximate surface area is 159 Å². The van der Waals surface area contributed by atoms with Crippen molar-refractivity contribution < 1.29 is 18.3 Å². The topological polar surface area (TPSA) is 89.7 Å². The molecular formula is C19H29N2O5P. The second-order valence-electron chi connectivity index (χ2n) is 6.09. The molecule has 1 unspecified atom stereocenters. The van der Waals surface area contributed by atoms with Crippen molar-refractivity contribution in [1.29, 1.82) is 0 Å². The van der Waals surface area contributed by atoms with E-state index in [-0.39, 0.29) is 18.8 Å². The first-order valence-electron chi connectivity index (χ1n) is 9.32. The third kappa shape index (κ3) is 5.20. The van der Waals surface area contributed by atoms with E-state index < -0.39 is 13.4 Å². The van der Waals surface area contributed by atoms with Crippen LogP contribution in [0.25, 0.3) is 10.9 Å². The smallest absolute Gasteiger partial charge is 0.352 e. The van der Waals surface area contributed by atoms with Gasteiger partial charge in [0.15, 0.2) is 0 Å². The number of hydrogen-bond acceptors (Lipinski definition) is 6. The standard InChI is InChI=1S/C19H29N2O5P/c1-5-8-11-20-19(27(23,25-6-2)26-7-3)16-13-14-12-15(24-4)9-10-17(14)21-18(16)22/h9-10,12-13,19-20H,5-8,11H2,1-4H3,(H,21,22). The summed E-state index contributed by atoms with van der Waals surface area (Å²) in [5.74, 6) is -0.169. The third-order valence-electron chi connectivity index (χ3n) is 4.18. The Kier molecular flexibility index (Phi) is 8.05. The van der Waals surface area contributed by atoms with Gasteiger partial charge in [-0.25, -0.2) is 0 Å². The molecule has 1 aromatic heterocycles. The fourth-order valence-electron chi connectivity index (χ4n) is 2.89. The van der Waals surface area contributed by atoms with E-state index in [0.717, 1.165) is 18.2 Å². The molecule has 0 fully saturated rings. The van der Waals surface area contributed by atoms with Crippen LogP contribution in [0.3, 0.4) is 0 Å². The van der Waals surface area contributed by atoms with Crippen molar-refractivity contribution in [3.05, 3.63) is 40.2 Å². The molecule has 7 nitrogen and oxygen atoms in total. The second kappa shape index (κ2) is 10.0. The van der Waals surface area contributed by atoms with Gasteiger partial charge in [-0.2, -0.15) is 0 Å². The van der Waals surface area contributed by atoms with Crippen LogP contribution >= 0.6 is 7.60 Å². The lowest BCUT2D eigenvalue weighted by molar-refractivity contribution is 0.207. The zero-order chi connectivity index (χ0) is 19.9. The maximum atomic E-state index is 13.4. The number of aromatic nitrogens is 1. The Morgan fingerprint density at radius 3 is 2.44 bits per heavy atom. The molecule has 2 aromatic rings. The van der Waals surface area contributed by atoms with Gasteiger partial charge in [0.1, 0.15) is 11.5 Å². The average Bonchev–Trinajstić information content (AvgIpc) is 2.65. The van der Waals surface area contributed by atoms with Crippen LogP contribution in [0.5, 0.6) is 5.75 Å². The van der Waals surface area contributed by atoms with Crippen LogP contribution in [0.15, 0.2) is 29.1 Å². The summed E-state index contributed by atoms with van der Waals surface area (Å²) in [6, 6.07) is 7.11. The summed E-state index contributed by atoms with van der Waals surface area (Å²) >= 11 is 0. The minimum atomic E-state index is -3.58. The number of methoxy groups -OCH3 is 1. The summed E-state index contributed by atoms with van der Waals surface area (Å²) in [6.07, 6.45) is 1.85. The Bertz CT molecular complexity index is 842. The number of ether oxygens (including phenoxy) is 1. The van der Waals surface area contributed by atoms with E-state index >= 15 is 0 Å². The maximum Gasteiger partial charge on any atom is 0.352 e. The summed E-state index contributed by atoms with van der Waals surface area (Å²) in [7, 11) is -1.99. The number of aromatic amines is 1. The molecular weight excluding hydrogens is 367 g/mol. The number of hydrogen-bond donors (Lipinski definition) is 2. The highest BCUT2D eigenvalue weighted by Gasteiger charge is 2.38. The summed E-state index contributed by atoms with van der Waals surface area (Å²) in [5.41, 5.74) is 0.692. The highest BCUT2D eigenvalue weighted by molar-refractivity contribution is 7.54. The maximum absolute atomic E-state index is 13.4. The summed E-state index contributed by atoms with van der Waals surface area (Å²) in [6.45, 7) is 6.62. The van der Waals surface area contributed by atoms with Crippen LogP contribution < -0.4 is 15.6 Å². The molecule has 0 radical (unpaired) electrons. The van der Waals surface area contributed by atoms with E-state index in [0.29, 0.717) is 23.4 Å². The molecule has 2 N–H and O–H groups in total. The van der Waals surface area contributed by atoms with Gasteiger partial charge in [0.05, 0.1) is 20.3 Å². The molecule has 0 saturated heterocycles. The summed E-state index contributed by atoms with van der Waals surface area (Å²) in [4.78, 5) is 15.6. The van der Waals surface area contributed by atoms with Gasteiger partial charge >= 0.3 is 7.60 Å². The van der Waals surface area contributed by atoms with E-state index in [1.165, 1.54) is 0 Å². The van der Waals surface area contributed by atoms with Crippen LogP contribution in [-0.2, 0) is 13.6 Å². The monoisotopic (exact) mass is 396 g/mol. The predicted octanol–water partition coefficient (Wildman–Crippen LogP) is 4.19. The SMILES string of the molecule is CCCCNC(c1cc2cc(OC)ccc2[nH]c1=O)P(=O)(OCC)OCC. The molecule has 0 aliphatic heterocycles. The van der Waals surface area contributed by atoms with Gasteiger partial charge in [-0.05, 0) is 51.1 Å². The molecule has 1 aromatic carbocycles. The van der Waals surface area contributed by atoms with Gasteiger partial charge in [0.25, 0.3) is 5.56 Å². The van der Waals surface area contributed by atoms with Gasteiger partial charge in [0.2, 0.25) is 0 Å². The van der Waals surface area contributed by atoms with E-state index in [2.05, 4.69) is 17.2 Å². The largest absolute Gasteiger partial charge is 0.497 e. The minimum absolute atomic E-state index is 0.225. The van der Waals surface area contributed by atoms with Crippen molar-refractivity contribution in [3.8, 4) is 5.75 Å². The average molecular weight is 396 g/mol. The van der Waals surface area contributed by atoms with E-state index in [9.17, 15) is 9.36 Å². The van der Waals surface area contributed by atoms with Gasteiger partial charge in [0, 0.05) is 16.5 Å². The van der Waals surface area contributed by atoms with E-state index in [1.54, 1.807) is 39.2 Å². The zero-order valence-corrected chi connectivity index (χ0v) is 17.3. The lowest BCUT2D eigenvalue weighted by Crippen LogP contribution is -2.29. The fraction of sp³-hybridized carbons (Fsp3) is 0.526. The van der Waals surface area contributed by atoms with Crippen LogP contribution in [0.1, 0.15) is 45.0 Å². The molecule has 0 bridgehead atoms. The van der Waals surface area contributed by atoms with Gasteiger partial charge in [-0.1, -0.05) is 13.3 Å². The van der Waals surface area contributed by atoms with Gasteiger partial charge in [-0.15, -0.1) is 0 Å². The normalized spacial score (nSPS) is 13.0. The van der Waals surface area contributed by atoms with Crippen molar-refractivity contribution in [1.82, 2.24) is 10.3 Å². The molecule has 2 rings (SSSR count). The Morgan fingerprint density at radius 1 is 1.15 bits per heavy atom. The van der Waals surface area contributed by atoms with Crippen molar-refractivity contribution in [3.63, 3.8) is 0 Å². The Hall–Kier alpha value is -1.66. The highest BCUT2D eigenvalue weighted by atomic mass is 31.2. The number of benzene rings is 1. The number of pyridine rings is 1. The molecule has 27 heavy (non-hydrogen) atoms. The van der Waals surface area contributed by atoms with Crippen LogP contribution in [0.4, 0.5) is 0 Å². The van der Waals surface area contributed by atoms with E-state index in [1.807, 2.05) is 6.07 Å². The minimum Gasteiger partial charge on any atom is -0.497 e. The van der Waals surface area contributed by atoms with Gasteiger partial charge in [-0.3, -0.25) is 14.7 Å². The zero-order valence-electron chi connectivity index (χ0n) is 16.4. The number of H-pyrrole nitrogens is 1. The Balaban J connectivity index is 2.57.